The normalized spacial score (nSPS) is 12.1. The van der Waals surface area contributed by atoms with Crippen LogP contribution in [0.1, 0.15) is 23.6 Å². The van der Waals surface area contributed by atoms with E-state index in [1.165, 1.54) is 16.9 Å². The van der Waals surface area contributed by atoms with Gasteiger partial charge in [0.15, 0.2) is 4.34 Å². The van der Waals surface area contributed by atoms with Gasteiger partial charge in [0.1, 0.15) is 0 Å². The summed E-state index contributed by atoms with van der Waals surface area (Å²) in [6, 6.07) is 8.01. The molecule has 0 aliphatic heterocycles. The Bertz CT molecular complexity index is 812. The highest BCUT2D eigenvalue weighted by Crippen LogP contribution is 2.37. The van der Waals surface area contributed by atoms with E-state index < -0.39 is 0 Å². The van der Waals surface area contributed by atoms with Crippen LogP contribution in [0.4, 0.5) is 5.13 Å². The molecule has 0 saturated carbocycles. The van der Waals surface area contributed by atoms with E-state index in [0.29, 0.717) is 18.3 Å². The predicted molar refractivity (Wildman–Crippen MR) is 97.3 cm³/mol. The van der Waals surface area contributed by atoms with Crippen LogP contribution in [-0.2, 0) is 0 Å². The molecule has 2 aromatic heterocycles. The second-order valence-corrected chi connectivity index (χ2v) is 7.68. The summed E-state index contributed by atoms with van der Waals surface area (Å²) in [6.07, 6.45) is 1.78. The highest BCUT2D eigenvalue weighted by Gasteiger charge is 2.18. The minimum atomic E-state index is -0.00287. The first-order valence-electron chi connectivity index (χ1n) is 7.41. The topological polar surface area (TPSA) is 76.7 Å². The third-order valence-electron chi connectivity index (χ3n) is 3.17. The van der Waals surface area contributed by atoms with E-state index in [4.69, 9.17) is 4.42 Å². The monoisotopic (exact) mass is 359 g/mol. The minimum absolute atomic E-state index is 0.00287. The lowest BCUT2D eigenvalue weighted by atomic mass is 10.1. The molecule has 8 heteroatoms. The lowest BCUT2D eigenvalue weighted by Gasteiger charge is -2.02. The molecule has 24 heavy (non-hydrogen) atoms. The van der Waals surface area contributed by atoms with Crippen LogP contribution >= 0.6 is 23.1 Å². The first kappa shape index (κ1) is 16.7. The van der Waals surface area contributed by atoms with Crippen molar-refractivity contribution < 1.29 is 4.42 Å². The second-order valence-electron chi connectivity index (χ2n) is 5.11. The quantitative estimate of drug-likeness (QED) is 0.496. The third-order valence-corrected chi connectivity index (χ3v) is 5.22. The molecule has 124 valence electrons. The Balaban J connectivity index is 1.67. The average molecular weight is 359 g/mol. The summed E-state index contributed by atoms with van der Waals surface area (Å²) in [7, 11) is 0. The van der Waals surface area contributed by atoms with E-state index in [-0.39, 0.29) is 5.25 Å². The Morgan fingerprint density at radius 1 is 1.25 bits per heavy atom. The summed E-state index contributed by atoms with van der Waals surface area (Å²) in [6.45, 7) is 8.38. The molecule has 0 fully saturated rings. The number of benzene rings is 1. The largest absolute Gasteiger partial charge is 0.419 e. The van der Waals surface area contributed by atoms with Crippen LogP contribution in [-0.4, -0.2) is 26.9 Å². The molecular formula is C16H17N5OS2. The van der Waals surface area contributed by atoms with Gasteiger partial charge in [0.2, 0.25) is 16.9 Å². The maximum Gasteiger partial charge on any atom is 0.247 e. The Morgan fingerprint density at radius 3 is 2.79 bits per heavy atom. The molecule has 0 saturated heterocycles. The number of rotatable bonds is 7. The van der Waals surface area contributed by atoms with Crippen LogP contribution < -0.4 is 5.32 Å². The second kappa shape index (κ2) is 7.59. The number of hydrogen-bond acceptors (Lipinski definition) is 8. The number of nitrogens with one attached hydrogen (secondary N) is 1. The molecule has 1 aromatic carbocycles. The van der Waals surface area contributed by atoms with E-state index in [1.54, 1.807) is 17.8 Å². The summed E-state index contributed by atoms with van der Waals surface area (Å²) < 4.78 is 6.65. The standard InChI is InChI=1S/C16H17N5OS2/c1-4-9-17-15-20-21-16(24-15)23-11(3)13-18-19-14(22-13)12-7-5-10(2)6-8-12/h4-8,11H,1,9H2,2-3H3,(H,17,20)/t11-/m0/s1. The molecule has 1 N–H and O–H groups in total. The molecule has 0 radical (unpaired) electrons. The van der Waals surface area contributed by atoms with Crippen LogP contribution in [0.15, 0.2) is 45.7 Å². The van der Waals surface area contributed by atoms with Crippen molar-refractivity contribution in [3.8, 4) is 11.5 Å². The summed E-state index contributed by atoms with van der Waals surface area (Å²) in [5.74, 6) is 1.11. The summed E-state index contributed by atoms with van der Waals surface area (Å²) in [5.41, 5.74) is 2.11. The van der Waals surface area contributed by atoms with E-state index >= 15 is 0 Å². The van der Waals surface area contributed by atoms with Crippen LogP contribution in [0.3, 0.4) is 0 Å². The Morgan fingerprint density at radius 2 is 2.04 bits per heavy atom. The first-order chi connectivity index (χ1) is 11.7. The van der Waals surface area contributed by atoms with Gasteiger partial charge in [-0.3, -0.25) is 0 Å². The van der Waals surface area contributed by atoms with Crippen molar-refractivity contribution in [2.45, 2.75) is 23.4 Å². The molecule has 6 nitrogen and oxygen atoms in total. The van der Waals surface area contributed by atoms with Crippen molar-refractivity contribution in [1.29, 1.82) is 0 Å². The molecule has 0 unspecified atom stereocenters. The van der Waals surface area contributed by atoms with E-state index in [1.807, 2.05) is 38.1 Å². The van der Waals surface area contributed by atoms with Crippen LogP contribution in [0.5, 0.6) is 0 Å². The molecule has 0 aliphatic carbocycles. The van der Waals surface area contributed by atoms with Crippen LogP contribution in [0.2, 0.25) is 0 Å². The number of thioether (sulfide) groups is 1. The number of aryl methyl sites for hydroxylation is 1. The van der Waals surface area contributed by atoms with Gasteiger partial charge in [-0.15, -0.1) is 27.0 Å². The van der Waals surface area contributed by atoms with Gasteiger partial charge in [-0.25, -0.2) is 0 Å². The fourth-order valence-corrected chi connectivity index (χ4v) is 3.83. The van der Waals surface area contributed by atoms with Gasteiger partial charge >= 0.3 is 0 Å². The number of anilines is 1. The Hall–Kier alpha value is -2.19. The van der Waals surface area contributed by atoms with Gasteiger partial charge in [-0.05, 0) is 26.0 Å². The molecule has 0 aliphatic rings. The summed E-state index contributed by atoms with van der Waals surface area (Å²) in [4.78, 5) is 0. The number of nitrogens with zero attached hydrogens (tertiary/aromatic N) is 4. The van der Waals surface area contributed by atoms with Gasteiger partial charge in [0.25, 0.3) is 0 Å². The zero-order valence-corrected chi connectivity index (χ0v) is 15.0. The van der Waals surface area contributed by atoms with Crippen LogP contribution in [0, 0.1) is 6.92 Å². The number of aromatic nitrogens is 4. The maximum absolute atomic E-state index is 5.80. The van der Waals surface area contributed by atoms with Crippen molar-refractivity contribution in [3.63, 3.8) is 0 Å². The Labute approximate surface area is 148 Å². The van der Waals surface area contributed by atoms with Crippen molar-refractivity contribution in [2.75, 3.05) is 11.9 Å². The lowest BCUT2D eigenvalue weighted by Crippen LogP contribution is -1.96. The fourth-order valence-electron chi connectivity index (χ4n) is 1.90. The highest BCUT2D eigenvalue weighted by atomic mass is 32.2. The molecule has 3 aromatic rings. The average Bonchev–Trinajstić information content (AvgIpc) is 3.23. The molecule has 0 spiro atoms. The number of hydrogen-bond donors (Lipinski definition) is 1. The summed E-state index contributed by atoms with van der Waals surface area (Å²) in [5, 5.41) is 20.4. The molecular weight excluding hydrogens is 342 g/mol. The highest BCUT2D eigenvalue weighted by molar-refractivity contribution is 8.01. The molecule has 0 bridgehead atoms. The van der Waals surface area contributed by atoms with Gasteiger partial charge < -0.3 is 9.73 Å². The molecule has 2 heterocycles. The zero-order chi connectivity index (χ0) is 16.9. The SMILES string of the molecule is C=CCNc1nnc(S[C@@H](C)c2nnc(-c3ccc(C)cc3)o2)s1. The molecule has 0 amide bonds. The molecule has 3 rings (SSSR count). The molecule has 1 atom stereocenters. The van der Waals surface area contributed by atoms with Crippen molar-refractivity contribution in [2.24, 2.45) is 0 Å². The summed E-state index contributed by atoms with van der Waals surface area (Å²) >= 11 is 3.04. The predicted octanol–water partition coefficient (Wildman–Crippen LogP) is 4.35. The Kier molecular flexibility index (Phi) is 5.27. The third kappa shape index (κ3) is 4.01. The maximum atomic E-state index is 5.80. The van der Waals surface area contributed by atoms with Crippen molar-refractivity contribution >= 4 is 28.2 Å². The minimum Gasteiger partial charge on any atom is -0.419 e. The first-order valence-corrected chi connectivity index (χ1v) is 9.10. The van der Waals surface area contributed by atoms with Crippen LogP contribution in [0.25, 0.3) is 11.5 Å². The van der Waals surface area contributed by atoms with E-state index in [0.717, 1.165) is 15.0 Å². The lowest BCUT2D eigenvalue weighted by molar-refractivity contribution is 0.509. The van der Waals surface area contributed by atoms with Gasteiger partial charge in [-0.2, -0.15) is 0 Å². The fraction of sp³-hybridized carbons (Fsp3) is 0.250. The van der Waals surface area contributed by atoms with Gasteiger partial charge in [-0.1, -0.05) is 46.9 Å². The van der Waals surface area contributed by atoms with Gasteiger partial charge in [0.05, 0.1) is 5.25 Å². The van der Waals surface area contributed by atoms with E-state index in [9.17, 15) is 0 Å². The van der Waals surface area contributed by atoms with Crippen molar-refractivity contribution in [3.05, 3.63) is 48.4 Å². The van der Waals surface area contributed by atoms with Crippen molar-refractivity contribution in [1.82, 2.24) is 20.4 Å². The zero-order valence-electron chi connectivity index (χ0n) is 13.4. The smallest absolute Gasteiger partial charge is 0.247 e. The van der Waals surface area contributed by atoms with E-state index in [2.05, 4.69) is 32.3 Å². The van der Waals surface area contributed by atoms with Gasteiger partial charge in [0, 0.05) is 12.1 Å².